The van der Waals surface area contributed by atoms with E-state index in [1.54, 1.807) is 0 Å². The highest BCUT2D eigenvalue weighted by Crippen LogP contribution is 2.22. The van der Waals surface area contributed by atoms with Crippen LogP contribution in [-0.4, -0.2) is 29.0 Å². The number of hydrogen-bond donors (Lipinski definition) is 1. The molecule has 1 aliphatic rings. The Morgan fingerprint density at radius 2 is 2.05 bits per heavy atom. The molecule has 2 aromatic rings. The van der Waals surface area contributed by atoms with E-state index in [4.69, 9.17) is 4.42 Å². The summed E-state index contributed by atoms with van der Waals surface area (Å²) in [7, 11) is 0. The molecule has 1 aromatic carbocycles. The number of aromatic nitrogens is 1. The smallest absolute Gasteiger partial charge is 0.208 e. The molecule has 4 nitrogen and oxygen atoms in total. The van der Waals surface area contributed by atoms with Crippen LogP contribution in [0.1, 0.15) is 35.9 Å². The molecule has 0 spiro atoms. The van der Waals surface area contributed by atoms with Crippen LogP contribution < -0.4 is 5.32 Å². The lowest BCUT2D eigenvalue weighted by Crippen LogP contribution is -2.50. The van der Waals surface area contributed by atoms with Gasteiger partial charge in [-0.15, -0.1) is 0 Å². The molecule has 4 heteroatoms. The minimum atomic E-state index is 0.375. The van der Waals surface area contributed by atoms with Gasteiger partial charge < -0.3 is 9.73 Å². The van der Waals surface area contributed by atoms with E-state index in [0.29, 0.717) is 12.1 Å². The number of rotatable bonds is 3. The fraction of sp³-hybridized carbons (Fsp3) is 0.471. The summed E-state index contributed by atoms with van der Waals surface area (Å²) >= 11 is 0. The summed E-state index contributed by atoms with van der Waals surface area (Å²) in [6, 6.07) is 11.5. The average Bonchev–Trinajstić information content (AvgIpc) is 2.80. The van der Waals surface area contributed by atoms with Gasteiger partial charge in [0, 0.05) is 25.2 Å². The molecule has 1 N–H and O–H groups in total. The van der Waals surface area contributed by atoms with E-state index in [-0.39, 0.29) is 0 Å². The molecule has 0 aliphatic carbocycles. The molecule has 112 valence electrons. The molecule has 0 radical (unpaired) electrons. The topological polar surface area (TPSA) is 41.3 Å². The van der Waals surface area contributed by atoms with Gasteiger partial charge in [-0.1, -0.05) is 30.3 Å². The number of nitrogens with one attached hydrogen (secondary N) is 1. The standard InChI is InChI=1S/C17H23N3O/c1-12-9-18-16(15-7-5-4-6-8-15)10-20(12)11-17-19-13(2)14(3)21-17/h4-8,12,16,18H,9-11H2,1-3H3. The van der Waals surface area contributed by atoms with Crippen molar-refractivity contribution < 1.29 is 4.42 Å². The van der Waals surface area contributed by atoms with Gasteiger partial charge in [-0.05, 0) is 26.3 Å². The normalized spacial score (nSPS) is 23.4. The van der Waals surface area contributed by atoms with Gasteiger partial charge in [0.2, 0.25) is 5.89 Å². The first kappa shape index (κ1) is 14.3. The van der Waals surface area contributed by atoms with Crippen LogP contribution in [0.4, 0.5) is 0 Å². The van der Waals surface area contributed by atoms with Crippen molar-refractivity contribution in [3.05, 3.63) is 53.2 Å². The third kappa shape index (κ3) is 3.17. The van der Waals surface area contributed by atoms with E-state index < -0.39 is 0 Å². The predicted octanol–water partition coefficient (Wildman–Crippen LogP) is 2.83. The van der Waals surface area contributed by atoms with Crippen molar-refractivity contribution in [2.75, 3.05) is 13.1 Å². The summed E-state index contributed by atoms with van der Waals surface area (Å²) in [4.78, 5) is 6.95. The third-order valence-corrected chi connectivity index (χ3v) is 4.31. The molecule has 21 heavy (non-hydrogen) atoms. The zero-order valence-electron chi connectivity index (χ0n) is 13.0. The lowest BCUT2D eigenvalue weighted by Gasteiger charge is -2.38. The van der Waals surface area contributed by atoms with E-state index in [2.05, 4.69) is 52.5 Å². The van der Waals surface area contributed by atoms with Crippen LogP contribution >= 0.6 is 0 Å². The van der Waals surface area contributed by atoms with Crippen molar-refractivity contribution >= 4 is 0 Å². The highest BCUT2D eigenvalue weighted by Gasteiger charge is 2.27. The molecule has 1 saturated heterocycles. The van der Waals surface area contributed by atoms with Crippen LogP contribution in [0.5, 0.6) is 0 Å². The van der Waals surface area contributed by atoms with E-state index in [1.165, 1.54) is 5.56 Å². The van der Waals surface area contributed by atoms with E-state index in [1.807, 2.05) is 13.8 Å². The Hall–Kier alpha value is -1.65. The molecule has 1 fully saturated rings. The van der Waals surface area contributed by atoms with E-state index >= 15 is 0 Å². The second-order valence-electron chi connectivity index (χ2n) is 5.90. The molecular weight excluding hydrogens is 262 g/mol. The fourth-order valence-electron chi connectivity index (χ4n) is 2.83. The molecule has 2 heterocycles. The molecule has 1 aliphatic heterocycles. The number of oxazole rings is 1. The Balaban J connectivity index is 1.72. The maximum atomic E-state index is 5.73. The minimum absolute atomic E-state index is 0.375. The van der Waals surface area contributed by atoms with Crippen LogP contribution in [-0.2, 0) is 6.54 Å². The molecule has 3 rings (SSSR count). The van der Waals surface area contributed by atoms with Crippen molar-refractivity contribution in [3.8, 4) is 0 Å². The first-order valence-electron chi connectivity index (χ1n) is 7.59. The van der Waals surface area contributed by atoms with Crippen molar-refractivity contribution in [1.82, 2.24) is 15.2 Å². The first-order valence-corrected chi connectivity index (χ1v) is 7.59. The quantitative estimate of drug-likeness (QED) is 0.941. The zero-order valence-corrected chi connectivity index (χ0v) is 13.0. The zero-order chi connectivity index (χ0) is 14.8. The number of benzene rings is 1. The molecule has 2 unspecified atom stereocenters. The van der Waals surface area contributed by atoms with Gasteiger partial charge in [0.05, 0.1) is 12.2 Å². The van der Waals surface area contributed by atoms with Gasteiger partial charge in [-0.3, -0.25) is 4.90 Å². The number of nitrogens with zero attached hydrogens (tertiary/aromatic N) is 2. The van der Waals surface area contributed by atoms with Crippen LogP contribution in [0.2, 0.25) is 0 Å². The number of piperazine rings is 1. The minimum Gasteiger partial charge on any atom is -0.444 e. The summed E-state index contributed by atoms with van der Waals surface area (Å²) in [5.41, 5.74) is 2.33. The molecule has 1 aromatic heterocycles. The Bertz CT molecular complexity index is 574. The fourth-order valence-corrected chi connectivity index (χ4v) is 2.83. The molecule has 0 saturated carbocycles. The Labute approximate surface area is 126 Å². The van der Waals surface area contributed by atoms with Crippen LogP contribution in [0.3, 0.4) is 0 Å². The van der Waals surface area contributed by atoms with E-state index in [0.717, 1.165) is 37.0 Å². The first-order chi connectivity index (χ1) is 10.1. The molecular formula is C17H23N3O. The van der Waals surface area contributed by atoms with Gasteiger partial charge in [-0.2, -0.15) is 0 Å². The predicted molar refractivity (Wildman–Crippen MR) is 83.0 cm³/mol. The van der Waals surface area contributed by atoms with Crippen LogP contribution in [0.25, 0.3) is 0 Å². The third-order valence-electron chi connectivity index (χ3n) is 4.31. The number of hydrogen-bond acceptors (Lipinski definition) is 4. The Kier molecular flexibility index (Phi) is 4.08. The van der Waals surface area contributed by atoms with E-state index in [9.17, 15) is 0 Å². The Morgan fingerprint density at radius 1 is 1.29 bits per heavy atom. The van der Waals surface area contributed by atoms with Gasteiger partial charge in [-0.25, -0.2) is 4.98 Å². The largest absolute Gasteiger partial charge is 0.444 e. The second kappa shape index (κ2) is 6.00. The maximum absolute atomic E-state index is 5.73. The van der Waals surface area contributed by atoms with Gasteiger partial charge in [0.15, 0.2) is 0 Å². The SMILES string of the molecule is Cc1nc(CN2CC(c3ccccc3)NCC2C)oc1C. The van der Waals surface area contributed by atoms with Gasteiger partial charge in [0.25, 0.3) is 0 Å². The van der Waals surface area contributed by atoms with Crippen molar-refractivity contribution in [3.63, 3.8) is 0 Å². The van der Waals surface area contributed by atoms with Crippen molar-refractivity contribution in [1.29, 1.82) is 0 Å². The highest BCUT2D eigenvalue weighted by atomic mass is 16.4. The monoisotopic (exact) mass is 285 g/mol. The molecule has 0 bridgehead atoms. The highest BCUT2D eigenvalue weighted by molar-refractivity contribution is 5.20. The summed E-state index contributed by atoms with van der Waals surface area (Å²) in [6.07, 6.45) is 0. The summed E-state index contributed by atoms with van der Waals surface area (Å²) in [6.45, 7) is 8.96. The molecule has 2 atom stereocenters. The van der Waals surface area contributed by atoms with Crippen LogP contribution in [0, 0.1) is 13.8 Å². The van der Waals surface area contributed by atoms with Gasteiger partial charge in [0.1, 0.15) is 5.76 Å². The van der Waals surface area contributed by atoms with Crippen molar-refractivity contribution in [2.45, 2.75) is 39.4 Å². The molecule has 0 amide bonds. The summed E-state index contributed by atoms with van der Waals surface area (Å²) in [5, 5.41) is 3.62. The van der Waals surface area contributed by atoms with Gasteiger partial charge >= 0.3 is 0 Å². The van der Waals surface area contributed by atoms with Crippen molar-refractivity contribution in [2.24, 2.45) is 0 Å². The average molecular weight is 285 g/mol. The summed E-state index contributed by atoms with van der Waals surface area (Å²) in [5.74, 6) is 1.75. The maximum Gasteiger partial charge on any atom is 0.208 e. The van der Waals surface area contributed by atoms with Crippen LogP contribution in [0.15, 0.2) is 34.7 Å². The second-order valence-corrected chi connectivity index (χ2v) is 5.90. The summed E-state index contributed by atoms with van der Waals surface area (Å²) < 4.78 is 5.73. The Morgan fingerprint density at radius 3 is 2.71 bits per heavy atom. The lowest BCUT2D eigenvalue weighted by atomic mass is 10.0. The number of aryl methyl sites for hydroxylation is 2. The lowest BCUT2D eigenvalue weighted by molar-refractivity contribution is 0.121.